The number of phenolic OH excluding ortho intramolecular Hbond substituents is 1. The molecule has 1 aromatic carbocycles. The smallest absolute Gasteiger partial charge is 0.115 e. The number of phenols is 1. The van der Waals surface area contributed by atoms with E-state index in [-0.39, 0.29) is 30.6 Å². The van der Waals surface area contributed by atoms with E-state index < -0.39 is 0 Å². The molecule has 0 saturated heterocycles. The lowest BCUT2D eigenvalue weighted by Crippen LogP contribution is -2.11. The summed E-state index contributed by atoms with van der Waals surface area (Å²) in [6.45, 7) is 0.872. The first-order chi connectivity index (χ1) is 9.83. The van der Waals surface area contributed by atoms with Crippen molar-refractivity contribution in [1.82, 2.24) is 4.98 Å². The third-order valence-electron chi connectivity index (χ3n) is 3.35. The normalized spacial score (nSPS) is 15.5. The van der Waals surface area contributed by atoms with Gasteiger partial charge in [0.2, 0.25) is 0 Å². The minimum absolute atomic E-state index is 0. The topological polar surface area (TPSA) is 45.5 Å². The number of allylic oxidation sites excluding steroid dienone is 1. The van der Waals surface area contributed by atoms with E-state index in [1.54, 1.807) is 18.3 Å². The average Bonchev–Trinajstić information content (AvgIpc) is 2.51. The predicted octanol–water partition coefficient (Wildman–Crippen LogP) is 4.30. The van der Waals surface area contributed by atoms with Gasteiger partial charge in [-0.2, -0.15) is 0 Å². The Balaban J connectivity index is 0.00000121. The van der Waals surface area contributed by atoms with Gasteiger partial charge in [0.1, 0.15) is 5.75 Å². The SMILES string of the molecule is Cl.Cl.Oc1ccc(/C=C2\CCCN=C2c2cccnc2)cc1. The molecule has 1 aliphatic rings. The number of rotatable bonds is 2. The van der Waals surface area contributed by atoms with E-state index in [2.05, 4.69) is 16.1 Å². The van der Waals surface area contributed by atoms with Crippen LogP contribution in [0.15, 0.2) is 59.4 Å². The Morgan fingerprint density at radius 1 is 1.05 bits per heavy atom. The van der Waals surface area contributed by atoms with Crippen molar-refractivity contribution in [2.45, 2.75) is 12.8 Å². The Labute approximate surface area is 142 Å². The monoisotopic (exact) mass is 336 g/mol. The number of halogens is 2. The number of hydrogen-bond acceptors (Lipinski definition) is 3. The van der Waals surface area contributed by atoms with E-state index >= 15 is 0 Å². The molecule has 0 aliphatic carbocycles. The van der Waals surface area contributed by atoms with Crippen LogP contribution < -0.4 is 0 Å². The van der Waals surface area contributed by atoms with Gasteiger partial charge in [0.25, 0.3) is 0 Å². The molecule has 0 unspecified atom stereocenters. The van der Waals surface area contributed by atoms with Crippen molar-refractivity contribution >= 4 is 36.6 Å². The van der Waals surface area contributed by atoms with E-state index in [9.17, 15) is 5.11 Å². The first kappa shape index (κ1) is 18.2. The zero-order valence-electron chi connectivity index (χ0n) is 12.0. The Kier molecular flexibility index (Phi) is 7.09. The summed E-state index contributed by atoms with van der Waals surface area (Å²) in [5.74, 6) is 0.289. The molecule has 0 saturated carbocycles. The number of aliphatic imine (C=N–C) groups is 1. The van der Waals surface area contributed by atoms with Crippen LogP contribution >= 0.6 is 24.8 Å². The van der Waals surface area contributed by atoms with Gasteiger partial charge in [-0.15, -0.1) is 24.8 Å². The minimum atomic E-state index is 0. The van der Waals surface area contributed by atoms with E-state index in [1.807, 2.05) is 30.5 Å². The second-order valence-electron chi connectivity index (χ2n) is 4.84. The van der Waals surface area contributed by atoms with Crippen molar-refractivity contribution in [3.8, 4) is 5.75 Å². The summed E-state index contributed by atoms with van der Waals surface area (Å²) < 4.78 is 0. The number of nitrogens with zero attached hydrogens (tertiary/aromatic N) is 2. The van der Waals surface area contributed by atoms with Crippen molar-refractivity contribution in [3.05, 3.63) is 65.5 Å². The first-order valence-corrected chi connectivity index (χ1v) is 6.78. The molecule has 3 nitrogen and oxygen atoms in total. The number of pyridine rings is 1. The molecule has 5 heteroatoms. The van der Waals surface area contributed by atoms with Crippen LogP contribution in [0, 0.1) is 0 Å². The molecule has 1 aliphatic heterocycles. The van der Waals surface area contributed by atoms with Gasteiger partial charge >= 0.3 is 0 Å². The second kappa shape index (κ2) is 8.57. The van der Waals surface area contributed by atoms with E-state index in [4.69, 9.17) is 0 Å². The van der Waals surface area contributed by atoms with E-state index in [0.29, 0.717) is 0 Å². The fourth-order valence-electron chi connectivity index (χ4n) is 2.37. The zero-order valence-corrected chi connectivity index (χ0v) is 13.6. The lowest BCUT2D eigenvalue weighted by atomic mass is 9.95. The molecule has 0 fully saturated rings. The lowest BCUT2D eigenvalue weighted by Gasteiger charge is -2.16. The third kappa shape index (κ3) is 4.33. The zero-order chi connectivity index (χ0) is 13.8. The van der Waals surface area contributed by atoms with Crippen molar-refractivity contribution in [2.24, 2.45) is 4.99 Å². The fraction of sp³-hybridized carbons (Fsp3) is 0.176. The minimum Gasteiger partial charge on any atom is -0.508 e. The van der Waals surface area contributed by atoms with Gasteiger partial charge in [0.05, 0.1) is 5.71 Å². The number of aromatic nitrogens is 1. The summed E-state index contributed by atoms with van der Waals surface area (Å²) in [5, 5.41) is 9.34. The Hall–Kier alpha value is -1.84. The highest BCUT2D eigenvalue weighted by atomic mass is 35.5. The van der Waals surface area contributed by atoms with Crippen LogP contribution in [0.5, 0.6) is 5.75 Å². The first-order valence-electron chi connectivity index (χ1n) is 6.78. The predicted molar refractivity (Wildman–Crippen MR) is 95.5 cm³/mol. The van der Waals surface area contributed by atoms with Crippen LogP contribution in [-0.4, -0.2) is 22.3 Å². The maximum atomic E-state index is 9.34. The van der Waals surface area contributed by atoms with Crippen LogP contribution in [-0.2, 0) is 0 Å². The molecule has 0 bridgehead atoms. The molecule has 1 aromatic heterocycles. The van der Waals surface area contributed by atoms with Gasteiger partial charge in [-0.25, -0.2) is 0 Å². The maximum Gasteiger partial charge on any atom is 0.115 e. The molecule has 3 rings (SSSR count). The summed E-state index contributed by atoms with van der Waals surface area (Å²) >= 11 is 0. The largest absolute Gasteiger partial charge is 0.508 e. The van der Waals surface area contributed by atoms with Gasteiger partial charge in [-0.05, 0) is 54.3 Å². The molecule has 2 aromatic rings. The van der Waals surface area contributed by atoms with Crippen molar-refractivity contribution in [2.75, 3.05) is 6.54 Å². The average molecular weight is 337 g/mol. The number of hydrogen-bond donors (Lipinski definition) is 1. The molecular weight excluding hydrogens is 319 g/mol. The third-order valence-corrected chi connectivity index (χ3v) is 3.35. The van der Waals surface area contributed by atoms with Gasteiger partial charge in [-0.1, -0.05) is 12.1 Å². The molecule has 22 heavy (non-hydrogen) atoms. The van der Waals surface area contributed by atoms with Crippen LogP contribution in [0.3, 0.4) is 0 Å². The van der Waals surface area contributed by atoms with Crippen molar-refractivity contribution in [1.29, 1.82) is 0 Å². The quantitative estimate of drug-likeness (QED) is 0.888. The van der Waals surface area contributed by atoms with Gasteiger partial charge in [0, 0.05) is 24.5 Å². The van der Waals surface area contributed by atoms with Gasteiger partial charge < -0.3 is 5.11 Å². The molecule has 0 atom stereocenters. The summed E-state index contributed by atoms with van der Waals surface area (Å²) in [6, 6.07) is 11.2. The van der Waals surface area contributed by atoms with E-state index in [1.165, 1.54) is 5.57 Å². The Morgan fingerprint density at radius 2 is 1.82 bits per heavy atom. The Morgan fingerprint density at radius 3 is 2.50 bits per heavy atom. The van der Waals surface area contributed by atoms with Crippen LogP contribution in [0.1, 0.15) is 24.0 Å². The molecule has 0 spiro atoms. The number of aromatic hydroxyl groups is 1. The fourth-order valence-corrected chi connectivity index (χ4v) is 2.37. The molecular formula is C17H18Cl2N2O. The van der Waals surface area contributed by atoms with Crippen LogP contribution in [0.25, 0.3) is 6.08 Å². The standard InChI is InChI=1S/C17H16N2O.2ClH/c20-16-7-5-13(6-8-16)11-14-3-2-10-19-17(14)15-4-1-9-18-12-15;;/h1,4-9,11-12,20H,2-3,10H2;2*1H/b14-11+;;. The summed E-state index contributed by atoms with van der Waals surface area (Å²) in [7, 11) is 0. The van der Waals surface area contributed by atoms with Crippen molar-refractivity contribution < 1.29 is 5.11 Å². The second-order valence-corrected chi connectivity index (χ2v) is 4.84. The molecule has 0 amide bonds. The molecule has 2 heterocycles. The summed E-state index contributed by atoms with van der Waals surface area (Å²) in [6.07, 6.45) is 7.87. The Bertz CT molecular complexity index is 652. The molecule has 116 valence electrons. The summed E-state index contributed by atoms with van der Waals surface area (Å²) in [5.41, 5.74) is 4.42. The van der Waals surface area contributed by atoms with Gasteiger partial charge in [0.15, 0.2) is 0 Å². The highest BCUT2D eigenvalue weighted by Gasteiger charge is 2.13. The summed E-state index contributed by atoms with van der Waals surface area (Å²) in [4.78, 5) is 8.83. The highest BCUT2D eigenvalue weighted by molar-refractivity contribution is 6.15. The van der Waals surface area contributed by atoms with Gasteiger partial charge in [-0.3, -0.25) is 9.98 Å². The van der Waals surface area contributed by atoms with Crippen molar-refractivity contribution in [3.63, 3.8) is 0 Å². The molecule has 0 radical (unpaired) electrons. The highest BCUT2D eigenvalue weighted by Crippen LogP contribution is 2.22. The van der Waals surface area contributed by atoms with E-state index in [0.717, 1.165) is 36.2 Å². The lowest BCUT2D eigenvalue weighted by molar-refractivity contribution is 0.475. The van der Waals surface area contributed by atoms with Crippen LogP contribution in [0.2, 0.25) is 0 Å². The number of benzene rings is 1. The maximum absolute atomic E-state index is 9.34. The molecule has 1 N–H and O–H groups in total. The van der Waals surface area contributed by atoms with Crippen LogP contribution in [0.4, 0.5) is 0 Å².